The molecule has 66 valence electrons. The predicted octanol–water partition coefficient (Wildman–Crippen LogP) is 3.44. The number of hydrogen-bond donors (Lipinski definition) is 0. The van der Waals surface area contributed by atoms with Crippen molar-refractivity contribution in [2.45, 2.75) is 58.4 Å². The molecule has 0 N–H and O–H groups in total. The molecule has 0 aromatic carbocycles. The zero-order valence-corrected chi connectivity index (χ0v) is 8.19. The van der Waals surface area contributed by atoms with Crippen molar-refractivity contribution in [3.8, 4) is 0 Å². The summed E-state index contributed by atoms with van der Waals surface area (Å²) in [6, 6.07) is 0. The predicted molar refractivity (Wildman–Crippen MR) is 52.4 cm³/mol. The summed E-state index contributed by atoms with van der Waals surface area (Å²) in [4.78, 5) is 4.27. The van der Waals surface area contributed by atoms with Crippen molar-refractivity contribution in [2.75, 3.05) is 0 Å². The summed E-state index contributed by atoms with van der Waals surface area (Å²) in [6.07, 6.45) is 5.96. The third kappa shape index (κ3) is 3.04. The van der Waals surface area contributed by atoms with E-state index in [1.807, 2.05) is 0 Å². The van der Waals surface area contributed by atoms with E-state index in [2.05, 4.69) is 32.5 Å². The normalized spacial score (nSPS) is 11.5. The summed E-state index contributed by atoms with van der Waals surface area (Å²) < 4.78 is 0. The van der Waals surface area contributed by atoms with Gasteiger partial charge in [0.25, 0.3) is 0 Å². The number of hydrogen-bond acceptors (Lipinski definition) is 1. The highest BCUT2D eigenvalue weighted by Crippen LogP contribution is 2.27. The molecule has 1 nitrogen and oxygen atoms in total. The molecule has 0 bridgehead atoms. The van der Waals surface area contributed by atoms with Crippen molar-refractivity contribution in [3.05, 3.63) is 0 Å². The molecular formula is C10H21N. The van der Waals surface area contributed by atoms with Gasteiger partial charge in [0.05, 0.1) is 5.54 Å². The van der Waals surface area contributed by atoms with Crippen molar-refractivity contribution < 1.29 is 0 Å². The van der Waals surface area contributed by atoms with Crippen LogP contribution in [-0.2, 0) is 0 Å². The fourth-order valence-corrected chi connectivity index (χ4v) is 1.68. The van der Waals surface area contributed by atoms with Gasteiger partial charge in [0, 0.05) is 0 Å². The van der Waals surface area contributed by atoms with Crippen molar-refractivity contribution in [1.82, 2.24) is 0 Å². The first kappa shape index (κ1) is 10.7. The first-order valence-corrected chi connectivity index (χ1v) is 4.72. The quantitative estimate of drug-likeness (QED) is 0.521. The zero-order chi connectivity index (χ0) is 8.74. The Morgan fingerprint density at radius 3 is 1.73 bits per heavy atom. The van der Waals surface area contributed by atoms with Crippen LogP contribution in [0.5, 0.6) is 0 Å². The van der Waals surface area contributed by atoms with Gasteiger partial charge in [-0.3, -0.25) is 4.99 Å². The lowest BCUT2D eigenvalue weighted by molar-refractivity contribution is 0.351. The van der Waals surface area contributed by atoms with E-state index in [1.165, 1.54) is 25.7 Å². The molecule has 0 unspecified atom stereocenters. The molecule has 0 radical (unpaired) electrons. The Morgan fingerprint density at radius 1 is 1.09 bits per heavy atom. The minimum absolute atomic E-state index is 0.198. The molecular weight excluding hydrogens is 134 g/mol. The lowest BCUT2D eigenvalue weighted by Crippen LogP contribution is -2.24. The van der Waals surface area contributed by atoms with Crippen LogP contribution in [0.1, 0.15) is 52.9 Å². The van der Waals surface area contributed by atoms with Gasteiger partial charge in [-0.1, -0.05) is 33.6 Å². The molecule has 0 spiro atoms. The molecule has 0 rings (SSSR count). The highest BCUT2D eigenvalue weighted by Gasteiger charge is 2.23. The molecule has 0 aromatic rings. The van der Waals surface area contributed by atoms with E-state index in [1.54, 1.807) is 0 Å². The number of rotatable bonds is 6. The maximum Gasteiger partial charge on any atom is 0.0598 e. The molecule has 0 aliphatic heterocycles. The van der Waals surface area contributed by atoms with Gasteiger partial charge in [0.2, 0.25) is 0 Å². The number of nitrogens with zero attached hydrogens (tertiary/aromatic N) is 1. The van der Waals surface area contributed by atoms with E-state index < -0.39 is 0 Å². The zero-order valence-electron chi connectivity index (χ0n) is 8.19. The van der Waals surface area contributed by atoms with Gasteiger partial charge in [-0.25, -0.2) is 0 Å². The lowest BCUT2D eigenvalue weighted by Gasteiger charge is -2.27. The Morgan fingerprint density at radius 2 is 1.55 bits per heavy atom. The average Bonchev–Trinajstić information content (AvgIpc) is 2.04. The van der Waals surface area contributed by atoms with Crippen LogP contribution >= 0.6 is 0 Å². The summed E-state index contributed by atoms with van der Waals surface area (Å²) in [6.45, 7) is 10.3. The van der Waals surface area contributed by atoms with Crippen LogP contribution < -0.4 is 0 Å². The van der Waals surface area contributed by atoms with Gasteiger partial charge in [0.1, 0.15) is 0 Å². The second-order valence-electron chi connectivity index (χ2n) is 3.24. The Balaban J connectivity index is 4.07. The highest BCUT2D eigenvalue weighted by atomic mass is 14.8. The van der Waals surface area contributed by atoms with Crippen molar-refractivity contribution in [1.29, 1.82) is 0 Å². The summed E-state index contributed by atoms with van der Waals surface area (Å²) in [7, 11) is 0. The number of aliphatic imine (C=N–C) groups is 1. The standard InChI is InChI=1S/C10H21N/c1-5-8-10(7-3,11-4)9-6-2/h4-9H2,1-3H3. The van der Waals surface area contributed by atoms with Crippen molar-refractivity contribution >= 4 is 6.72 Å². The fourth-order valence-electron chi connectivity index (χ4n) is 1.68. The van der Waals surface area contributed by atoms with Gasteiger partial charge < -0.3 is 0 Å². The van der Waals surface area contributed by atoms with Gasteiger partial charge in [-0.2, -0.15) is 0 Å². The monoisotopic (exact) mass is 155 g/mol. The van der Waals surface area contributed by atoms with Gasteiger partial charge in [-0.15, -0.1) is 0 Å². The SMILES string of the molecule is C=NC(CC)(CCC)CCC. The molecule has 0 atom stereocenters. The van der Waals surface area contributed by atoms with Crippen LogP contribution in [0.15, 0.2) is 4.99 Å². The van der Waals surface area contributed by atoms with Crippen LogP contribution in [-0.4, -0.2) is 12.3 Å². The lowest BCUT2D eigenvalue weighted by atomic mass is 9.87. The average molecular weight is 155 g/mol. The highest BCUT2D eigenvalue weighted by molar-refractivity contribution is 5.26. The molecule has 0 aliphatic rings. The summed E-state index contributed by atoms with van der Waals surface area (Å²) in [5.74, 6) is 0. The molecule has 0 aliphatic carbocycles. The molecule has 1 heteroatoms. The summed E-state index contributed by atoms with van der Waals surface area (Å²) >= 11 is 0. The van der Waals surface area contributed by atoms with Gasteiger partial charge in [-0.05, 0) is 26.0 Å². The molecule has 0 aromatic heterocycles. The maximum absolute atomic E-state index is 4.27. The Bertz CT molecular complexity index is 101. The van der Waals surface area contributed by atoms with E-state index in [0.717, 1.165) is 6.42 Å². The molecule has 0 fully saturated rings. The van der Waals surface area contributed by atoms with E-state index in [4.69, 9.17) is 0 Å². The topological polar surface area (TPSA) is 12.4 Å². The first-order chi connectivity index (χ1) is 5.24. The van der Waals surface area contributed by atoms with Gasteiger partial charge >= 0.3 is 0 Å². The third-order valence-corrected chi connectivity index (χ3v) is 2.42. The Labute approximate surface area is 70.9 Å². The van der Waals surface area contributed by atoms with Crippen LogP contribution in [0.4, 0.5) is 0 Å². The largest absolute Gasteiger partial charge is 0.294 e. The summed E-state index contributed by atoms with van der Waals surface area (Å²) in [5, 5.41) is 0. The molecule has 0 saturated heterocycles. The molecule has 0 amide bonds. The molecule has 0 heterocycles. The van der Waals surface area contributed by atoms with E-state index in [-0.39, 0.29) is 5.54 Å². The van der Waals surface area contributed by atoms with Crippen molar-refractivity contribution in [3.63, 3.8) is 0 Å². The second kappa shape index (κ2) is 5.34. The molecule has 11 heavy (non-hydrogen) atoms. The van der Waals surface area contributed by atoms with Crippen LogP contribution in [0.2, 0.25) is 0 Å². The maximum atomic E-state index is 4.27. The van der Waals surface area contributed by atoms with E-state index in [0.29, 0.717) is 0 Å². The first-order valence-electron chi connectivity index (χ1n) is 4.72. The van der Waals surface area contributed by atoms with Crippen LogP contribution in [0.3, 0.4) is 0 Å². The second-order valence-corrected chi connectivity index (χ2v) is 3.24. The minimum atomic E-state index is 0.198. The van der Waals surface area contributed by atoms with Gasteiger partial charge in [0.15, 0.2) is 0 Å². The Hall–Kier alpha value is -0.330. The minimum Gasteiger partial charge on any atom is -0.294 e. The van der Waals surface area contributed by atoms with E-state index >= 15 is 0 Å². The van der Waals surface area contributed by atoms with Crippen molar-refractivity contribution in [2.24, 2.45) is 4.99 Å². The van der Waals surface area contributed by atoms with Crippen LogP contribution in [0, 0.1) is 0 Å². The van der Waals surface area contributed by atoms with E-state index in [9.17, 15) is 0 Å². The smallest absolute Gasteiger partial charge is 0.0598 e. The fraction of sp³-hybridized carbons (Fsp3) is 0.900. The molecule has 0 saturated carbocycles. The van der Waals surface area contributed by atoms with Crippen LogP contribution in [0.25, 0.3) is 0 Å². The third-order valence-electron chi connectivity index (χ3n) is 2.42. The Kier molecular flexibility index (Phi) is 5.18. The summed E-state index contributed by atoms with van der Waals surface area (Å²) in [5.41, 5.74) is 0.198.